The molecule has 0 amide bonds. The molecule has 13 aromatic carbocycles. The minimum atomic E-state index is 0.525. The molecule has 17 rings (SSSR count). The molecule has 10 heteroatoms. The highest BCUT2D eigenvalue weighted by molar-refractivity contribution is 6.12. The third-order valence-corrected chi connectivity index (χ3v) is 17.9. The maximum Gasteiger partial charge on any atom is 0.164 e. The van der Waals surface area contributed by atoms with Gasteiger partial charge in [0.15, 0.2) is 34.9 Å². The summed E-state index contributed by atoms with van der Waals surface area (Å²) >= 11 is 0. The van der Waals surface area contributed by atoms with Crippen molar-refractivity contribution in [2.45, 2.75) is 0 Å². The highest BCUT2D eigenvalue weighted by atomic mass is 15.1. The van der Waals surface area contributed by atoms with E-state index in [-0.39, 0.29) is 0 Å². The molecular formula is C86H52N10. The molecule has 4 heterocycles. The molecule has 0 aliphatic rings. The van der Waals surface area contributed by atoms with Crippen molar-refractivity contribution in [2.24, 2.45) is 0 Å². The molecule has 0 atom stereocenters. The summed E-state index contributed by atoms with van der Waals surface area (Å²) in [6.45, 7) is 0. The van der Waals surface area contributed by atoms with Crippen molar-refractivity contribution in [3.05, 3.63) is 327 Å². The van der Waals surface area contributed by atoms with Gasteiger partial charge in [0.25, 0.3) is 0 Å². The van der Waals surface area contributed by atoms with Crippen molar-refractivity contribution in [1.29, 1.82) is 10.5 Å². The summed E-state index contributed by atoms with van der Waals surface area (Å²) in [6.07, 6.45) is 0. The zero-order valence-corrected chi connectivity index (χ0v) is 51.5. The summed E-state index contributed by atoms with van der Waals surface area (Å²) in [6, 6.07) is 113. The van der Waals surface area contributed by atoms with Crippen molar-refractivity contribution in [2.75, 3.05) is 0 Å². The Labute approximate surface area is 553 Å². The Kier molecular flexibility index (Phi) is 14.1. The normalized spacial score (nSPS) is 11.3. The van der Waals surface area contributed by atoms with Gasteiger partial charge in [-0.1, -0.05) is 212 Å². The van der Waals surface area contributed by atoms with E-state index in [9.17, 15) is 10.5 Å². The second-order valence-corrected chi connectivity index (χ2v) is 23.7. The van der Waals surface area contributed by atoms with Crippen LogP contribution in [0.3, 0.4) is 0 Å². The van der Waals surface area contributed by atoms with Crippen LogP contribution in [0.1, 0.15) is 11.1 Å². The van der Waals surface area contributed by atoms with Crippen molar-refractivity contribution in [3.63, 3.8) is 0 Å². The van der Waals surface area contributed by atoms with E-state index in [4.69, 9.17) is 29.9 Å². The Morgan fingerprint density at radius 1 is 0.219 bits per heavy atom. The predicted molar refractivity (Wildman–Crippen MR) is 386 cm³/mol. The average Bonchev–Trinajstić information content (AvgIpc) is 1.57. The first kappa shape index (κ1) is 56.4. The molecule has 446 valence electrons. The van der Waals surface area contributed by atoms with E-state index in [1.165, 1.54) is 0 Å². The molecule has 0 radical (unpaired) electrons. The quantitative estimate of drug-likeness (QED) is 0.118. The van der Waals surface area contributed by atoms with Gasteiger partial charge in [0.2, 0.25) is 0 Å². The summed E-state index contributed by atoms with van der Waals surface area (Å²) in [5.74, 6) is 3.33. The fraction of sp³-hybridized carbons (Fsp3) is 0. The molecule has 4 aromatic heterocycles. The first-order valence-electron chi connectivity index (χ1n) is 31.7. The summed E-state index contributed by atoms with van der Waals surface area (Å²) < 4.78 is 4.72. The predicted octanol–water partition coefficient (Wildman–Crippen LogP) is 20.7. The first-order chi connectivity index (χ1) is 47.4. The van der Waals surface area contributed by atoms with Crippen LogP contribution in [-0.4, -0.2) is 39.0 Å². The SMILES string of the molecule is N#Cc1ccc(-c2ccc3c(c2)c2ccccc2n3-c2cc(-c3cccc(-c4cc(-c5nc(-c6ccccc6)nc(-c6ccccc6)n5)ccc4-n4c5ccccc5c5cc(-c6ccc(C#N)cc6)ccc54)c3)cc(-c3nc(-c4ccccc4)nc(-c4ccccc4)n3)c2)cc1. The monoisotopic (exact) mass is 1220 g/mol. The largest absolute Gasteiger partial charge is 0.309 e. The number of aromatic nitrogens is 8. The molecule has 17 aromatic rings. The number of nitrogens with zero attached hydrogens (tertiary/aromatic N) is 10. The van der Waals surface area contributed by atoms with Gasteiger partial charge in [-0.05, 0) is 142 Å². The maximum absolute atomic E-state index is 9.67. The maximum atomic E-state index is 9.67. The van der Waals surface area contributed by atoms with Gasteiger partial charge in [-0.15, -0.1) is 0 Å². The third kappa shape index (κ3) is 10.4. The lowest BCUT2D eigenvalue weighted by atomic mass is 9.95. The van der Waals surface area contributed by atoms with Crippen molar-refractivity contribution < 1.29 is 0 Å². The van der Waals surface area contributed by atoms with Crippen LogP contribution in [-0.2, 0) is 0 Å². The second kappa shape index (κ2) is 23.9. The molecule has 0 fully saturated rings. The van der Waals surface area contributed by atoms with Crippen LogP contribution < -0.4 is 0 Å². The van der Waals surface area contributed by atoms with Gasteiger partial charge in [-0.25, -0.2) is 29.9 Å². The highest BCUT2D eigenvalue weighted by Crippen LogP contribution is 2.43. The molecule has 0 saturated heterocycles. The van der Waals surface area contributed by atoms with E-state index < -0.39 is 0 Å². The zero-order chi connectivity index (χ0) is 64.1. The van der Waals surface area contributed by atoms with Gasteiger partial charge in [-0.2, -0.15) is 10.5 Å². The molecule has 0 aliphatic carbocycles. The fourth-order valence-corrected chi connectivity index (χ4v) is 13.2. The number of hydrogen-bond acceptors (Lipinski definition) is 8. The van der Waals surface area contributed by atoms with Gasteiger partial charge >= 0.3 is 0 Å². The molecular weight excluding hydrogens is 1170 g/mol. The number of fused-ring (bicyclic) bond motifs is 6. The van der Waals surface area contributed by atoms with Gasteiger partial charge in [0.05, 0.1) is 51.0 Å². The Morgan fingerprint density at radius 2 is 0.562 bits per heavy atom. The van der Waals surface area contributed by atoms with Crippen molar-refractivity contribution >= 4 is 43.6 Å². The Morgan fingerprint density at radius 3 is 1.04 bits per heavy atom. The van der Waals surface area contributed by atoms with E-state index in [1.54, 1.807) is 0 Å². The molecule has 0 N–H and O–H groups in total. The minimum Gasteiger partial charge on any atom is -0.309 e. The molecule has 0 unspecified atom stereocenters. The number of benzene rings is 13. The molecule has 0 spiro atoms. The van der Waals surface area contributed by atoms with Crippen molar-refractivity contribution in [1.82, 2.24) is 39.0 Å². The summed E-state index contributed by atoms with van der Waals surface area (Å²) in [5.41, 5.74) is 20.3. The molecule has 0 aliphatic heterocycles. The fourth-order valence-electron chi connectivity index (χ4n) is 13.2. The van der Waals surface area contributed by atoms with Gasteiger partial charge in [-0.3, -0.25) is 0 Å². The topological polar surface area (TPSA) is 135 Å². The number of para-hydroxylation sites is 2. The standard InChI is InChI=1S/C86H52N10/c87-53-55-32-36-57(37-33-55)64-40-43-79-74(50-64)71-28-13-15-30-76(71)95(79)70-48-68(47-69(49-70)86-93-83(61-22-9-3-10-23-61)90-84(94-86)62-24-11-4-12-25-62)63-26-17-27-66(46-63)73-52-67(85-91-81(59-18-5-1-6-19-59)89-82(92-85)60-20-7-2-8-21-60)42-45-78(73)96-77-31-16-14-29-72(77)75-51-65(41-44-80(75)96)58-38-34-56(54-88)35-39-58/h1-52H. The van der Waals surface area contributed by atoms with Crippen LogP contribution >= 0.6 is 0 Å². The minimum absolute atomic E-state index is 0.525. The lowest BCUT2D eigenvalue weighted by Crippen LogP contribution is -2.02. The number of rotatable bonds is 12. The first-order valence-corrected chi connectivity index (χ1v) is 31.7. The van der Waals surface area contributed by atoms with E-state index in [0.29, 0.717) is 46.1 Å². The van der Waals surface area contributed by atoms with Crippen LogP contribution in [0.4, 0.5) is 0 Å². The van der Waals surface area contributed by atoms with E-state index >= 15 is 0 Å². The van der Waals surface area contributed by atoms with E-state index in [2.05, 4.69) is 167 Å². The van der Waals surface area contributed by atoms with Gasteiger partial charge < -0.3 is 9.13 Å². The van der Waals surface area contributed by atoms with Crippen LogP contribution in [0.2, 0.25) is 0 Å². The highest BCUT2D eigenvalue weighted by Gasteiger charge is 2.23. The van der Waals surface area contributed by atoms with Crippen LogP contribution in [0.25, 0.3) is 168 Å². The van der Waals surface area contributed by atoms with Crippen molar-refractivity contribution in [3.8, 4) is 136 Å². The lowest BCUT2D eigenvalue weighted by Gasteiger charge is -2.18. The molecule has 96 heavy (non-hydrogen) atoms. The van der Waals surface area contributed by atoms with E-state index in [0.717, 1.165) is 133 Å². The smallest absolute Gasteiger partial charge is 0.164 e. The summed E-state index contributed by atoms with van der Waals surface area (Å²) in [4.78, 5) is 31.4. The number of nitriles is 2. The van der Waals surface area contributed by atoms with Gasteiger partial charge in [0.1, 0.15) is 0 Å². The second-order valence-electron chi connectivity index (χ2n) is 23.7. The number of hydrogen-bond donors (Lipinski definition) is 0. The summed E-state index contributed by atoms with van der Waals surface area (Å²) in [5, 5.41) is 23.7. The zero-order valence-electron chi connectivity index (χ0n) is 51.5. The Balaban J connectivity index is 0.899. The van der Waals surface area contributed by atoms with Crippen LogP contribution in [0, 0.1) is 22.7 Å². The Bertz CT molecular complexity index is 5830. The molecule has 0 saturated carbocycles. The Hall–Kier alpha value is -13.5. The van der Waals surface area contributed by atoms with Crippen LogP contribution in [0.5, 0.6) is 0 Å². The molecule has 10 nitrogen and oxygen atoms in total. The van der Waals surface area contributed by atoms with Crippen LogP contribution in [0.15, 0.2) is 315 Å². The third-order valence-electron chi connectivity index (χ3n) is 17.9. The average molecular weight is 1230 g/mol. The van der Waals surface area contributed by atoms with E-state index in [1.807, 2.05) is 170 Å². The van der Waals surface area contributed by atoms with Gasteiger partial charge in [0, 0.05) is 66.2 Å². The summed E-state index contributed by atoms with van der Waals surface area (Å²) in [7, 11) is 0. The lowest BCUT2D eigenvalue weighted by molar-refractivity contribution is 1.07. The molecule has 0 bridgehead atoms.